The van der Waals surface area contributed by atoms with Gasteiger partial charge in [-0.05, 0) is 37.5 Å². The normalized spacial score (nSPS) is 20.2. The molecule has 1 N–H and O–H groups in total. The van der Waals surface area contributed by atoms with Gasteiger partial charge in [-0.15, -0.1) is 0 Å². The summed E-state index contributed by atoms with van der Waals surface area (Å²) >= 11 is 0. The number of carbonyl (C=O) groups excluding carboxylic acids is 3. The minimum absolute atomic E-state index is 0.0262. The van der Waals surface area contributed by atoms with Crippen LogP contribution < -0.4 is 10.1 Å². The molecule has 0 saturated carbocycles. The van der Waals surface area contributed by atoms with Crippen molar-refractivity contribution in [1.82, 2.24) is 15.1 Å². The second-order valence-electron chi connectivity index (χ2n) is 6.97. The Hall–Kier alpha value is -2.57. The van der Waals surface area contributed by atoms with Gasteiger partial charge in [0, 0.05) is 32.6 Å². The van der Waals surface area contributed by atoms with Gasteiger partial charge in [-0.1, -0.05) is 12.1 Å². The number of rotatable bonds is 5. The maximum absolute atomic E-state index is 12.6. The fraction of sp³-hybridized carbons (Fsp3) is 0.550. The molecular formula is C20H27N3O4. The average molecular weight is 373 g/mol. The van der Waals surface area contributed by atoms with E-state index in [0.717, 1.165) is 17.7 Å². The van der Waals surface area contributed by atoms with Gasteiger partial charge in [0.25, 0.3) is 0 Å². The van der Waals surface area contributed by atoms with E-state index in [2.05, 4.69) is 5.32 Å². The molecule has 7 nitrogen and oxygen atoms in total. The summed E-state index contributed by atoms with van der Waals surface area (Å²) in [6, 6.07) is 7.19. The highest BCUT2D eigenvalue weighted by Crippen LogP contribution is 2.15. The number of hydrogen-bond donors (Lipinski definition) is 1. The Morgan fingerprint density at radius 1 is 1.11 bits per heavy atom. The quantitative estimate of drug-likeness (QED) is 0.834. The maximum atomic E-state index is 12.6. The monoisotopic (exact) mass is 373 g/mol. The summed E-state index contributed by atoms with van der Waals surface area (Å²) in [5.41, 5.74) is 0.953. The molecule has 3 amide bonds. The van der Waals surface area contributed by atoms with Crippen LogP contribution in [0.4, 0.5) is 0 Å². The third kappa shape index (κ3) is 4.99. The lowest BCUT2D eigenvalue weighted by atomic mass is 10.1. The maximum Gasteiger partial charge on any atom is 0.245 e. The first-order valence-electron chi connectivity index (χ1n) is 9.64. The van der Waals surface area contributed by atoms with E-state index < -0.39 is 6.04 Å². The van der Waals surface area contributed by atoms with Crippen molar-refractivity contribution in [3.63, 3.8) is 0 Å². The predicted octanol–water partition coefficient (Wildman–Crippen LogP) is 0.967. The van der Waals surface area contributed by atoms with Crippen LogP contribution in [0.5, 0.6) is 5.75 Å². The van der Waals surface area contributed by atoms with Crippen molar-refractivity contribution in [2.45, 2.75) is 38.6 Å². The van der Waals surface area contributed by atoms with Gasteiger partial charge < -0.3 is 19.9 Å². The zero-order chi connectivity index (χ0) is 19.2. The minimum atomic E-state index is -0.399. The molecule has 2 aliphatic heterocycles. The second kappa shape index (κ2) is 8.88. The van der Waals surface area contributed by atoms with Crippen LogP contribution in [0.15, 0.2) is 24.3 Å². The predicted molar refractivity (Wildman–Crippen MR) is 100 cm³/mol. The lowest BCUT2D eigenvalue weighted by Crippen LogP contribution is -2.46. The van der Waals surface area contributed by atoms with Crippen LogP contribution in [0.3, 0.4) is 0 Å². The summed E-state index contributed by atoms with van der Waals surface area (Å²) in [6.07, 6.45) is 2.08. The zero-order valence-corrected chi connectivity index (χ0v) is 15.8. The molecule has 27 heavy (non-hydrogen) atoms. The number of nitrogens with zero attached hydrogens (tertiary/aromatic N) is 2. The largest absolute Gasteiger partial charge is 0.494 e. The van der Waals surface area contributed by atoms with Crippen molar-refractivity contribution in [2.75, 3.05) is 32.8 Å². The summed E-state index contributed by atoms with van der Waals surface area (Å²) in [6.45, 7) is 4.87. The molecule has 146 valence electrons. The second-order valence-corrected chi connectivity index (χ2v) is 6.97. The molecular weight excluding hydrogens is 346 g/mol. The molecule has 7 heteroatoms. The van der Waals surface area contributed by atoms with Crippen LogP contribution in [0.1, 0.15) is 31.7 Å². The first kappa shape index (κ1) is 19.2. The van der Waals surface area contributed by atoms with Gasteiger partial charge in [0.1, 0.15) is 11.8 Å². The van der Waals surface area contributed by atoms with Crippen LogP contribution in [-0.2, 0) is 20.8 Å². The molecule has 2 heterocycles. The molecule has 1 aromatic rings. The third-order valence-corrected chi connectivity index (χ3v) is 5.04. The van der Waals surface area contributed by atoms with Crippen LogP contribution in [-0.4, -0.2) is 66.3 Å². The molecule has 3 rings (SSSR count). The van der Waals surface area contributed by atoms with E-state index >= 15 is 0 Å². The molecule has 0 radical (unpaired) electrons. The summed E-state index contributed by atoms with van der Waals surface area (Å²) in [5.74, 6) is 0.788. The van der Waals surface area contributed by atoms with Crippen molar-refractivity contribution in [3.8, 4) is 5.75 Å². The topological polar surface area (TPSA) is 79.0 Å². The summed E-state index contributed by atoms with van der Waals surface area (Å²) in [4.78, 5) is 40.1. The van der Waals surface area contributed by atoms with Gasteiger partial charge in [0.05, 0.1) is 13.0 Å². The molecule has 1 atom stereocenters. The van der Waals surface area contributed by atoms with Crippen LogP contribution >= 0.6 is 0 Å². The van der Waals surface area contributed by atoms with Crippen LogP contribution in [0, 0.1) is 0 Å². The molecule has 1 aromatic carbocycles. The van der Waals surface area contributed by atoms with Crippen molar-refractivity contribution in [3.05, 3.63) is 29.8 Å². The summed E-state index contributed by atoms with van der Waals surface area (Å²) < 4.78 is 5.42. The van der Waals surface area contributed by atoms with Gasteiger partial charge in [-0.2, -0.15) is 0 Å². The number of carbonyl (C=O) groups is 3. The van der Waals surface area contributed by atoms with Gasteiger partial charge in [-0.3, -0.25) is 14.4 Å². The fourth-order valence-electron chi connectivity index (χ4n) is 3.56. The van der Waals surface area contributed by atoms with Crippen molar-refractivity contribution < 1.29 is 19.1 Å². The van der Waals surface area contributed by atoms with E-state index in [1.807, 2.05) is 36.1 Å². The third-order valence-electron chi connectivity index (χ3n) is 5.04. The zero-order valence-electron chi connectivity index (χ0n) is 15.8. The number of hydrogen-bond acceptors (Lipinski definition) is 4. The van der Waals surface area contributed by atoms with Crippen LogP contribution in [0.25, 0.3) is 0 Å². The number of benzene rings is 1. The first-order valence-corrected chi connectivity index (χ1v) is 9.64. The lowest BCUT2D eigenvalue weighted by molar-refractivity contribution is -0.135. The standard InChI is InChI=1S/C20H27N3O4/c1-2-27-16-6-4-15(5-7-16)14-19(25)22-10-3-11-23(13-12-22)20(26)17-8-9-18(24)21-17/h4-7,17H,2-3,8-14H2,1H3,(H,21,24). The highest BCUT2D eigenvalue weighted by molar-refractivity contribution is 5.90. The Labute approximate surface area is 159 Å². The average Bonchev–Trinajstić information content (AvgIpc) is 2.95. The van der Waals surface area contributed by atoms with E-state index in [9.17, 15) is 14.4 Å². The van der Waals surface area contributed by atoms with E-state index in [1.165, 1.54) is 0 Å². The summed E-state index contributed by atoms with van der Waals surface area (Å²) in [7, 11) is 0. The van der Waals surface area contributed by atoms with Gasteiger partial charge in [0.2, 0.25) is 17.7 Å². The molecule has 2 saturated heterocycles. The SMILES string of the molecule is CCOc1ccc(CC(=O)N2CCCN(C(=O)C3CCC(=O)N3)CC2)cc1. The van der Waals surface area contributed by atoms with Crippen molar-refractivity contribution in [1.29, 1.82) is 0 Å². The first-order chi connectivity index (χ1) is 13.1. The van der Waals surface area contributed by atoms with Crippen LogP contribution in [0.2, 0.25) is 0 Å². The van der Waals surface area contributed by atoms with E-state index in [1.54, 1.807) is 4.90 Å². The highest BCUT2D eigenvalue weighted by Gasteiger charge is 2.31. The molecule has 2 aliphatic rings. The molecule has 0 aliphatic carbocycles. The summed E-state index contributed by atoms with van der Waals surface area (Å²) in [5, 5.41) is 2.73. The van der Waals surface area contributed by atoms with E-state index in [-0.39, 0.29) is 17.7 Å². The number of amides is 3. The Bertz CT molecular complexity index is 689. The molecule has 0 bridgehead atoms. The Balaban J connectivity index is 1.51. The molecule has 2 fully saturated rings. The molecule has 0 aromatic heterocycles. The Morgan fingerprint density at radius 3 is 2.48 bits per heavy atom. The van der Waals surface area contributed by atoms with Crippen molar-refractivity contribution >= 4 is 17.7 Å². The number of ether oxygens (including phenoxy) is 1. The number of nitrogens with one attached hydrogen (secondary N) is 1. The van der Waals surface area contributed by atoms with E-state index in [0.29, 0.717) is 52.0 Å². The van der Waals surface area contributed by atoms with Gasteiger partial charge >= 0.3 is 0 Å². The minimum Gasteiger partial charge on any atom is -0.494 e. The fourth-order valence-corrected chi connectivity index (χ4v) is 3.56. The lowest BCUT2D eigenvalue weighted by Gasteiger charge is -2.24. The van der Waals surface area contributed by atoms with Crippen molar-refractivity contribution in [2.24, 2.45) is 0 Å². The smallest absolute Gasteiger partial charge is 0.245 e. The molecule has 0 spiro atoms. The van der Waals surface area contributed by atoms with E-state index in [4.69, 9.17) is 4.74 Å². The molecule has 1 unspecified atom stereocenters. The Kier molecular flexibility index (Phi) is 6.32. The van der Waals surface area contributed by atoms with Gasteiger partial charge in [0.15, 0.2) is 0 Å². The Morgan fingerprint density at radius 2 is 1.81 bits per heavy atom. The van der Waals surface area contributed by atoms with Gasteiger partial charge in [-0.25, -0.2) is 0 Å². The highest BCUT2D eigenvalue weighted by atomic mass is 16.5.